The Labute approximate surface area is 141 Å². The third-order valence-corrected chi connectivity index (χ3v) is 5.86. The molecular weight excluding hydrogens is 330 g/mol. The van der Waals surface area contributed by atoms with Crippen molar-refractivity contribution in [1.82, 2.24) is 0 Å². The van der Waals surface area contributed by atoms with E-state index in [0.717, 1.165) is 0 Å². The molecule has 1 atom stereocenters. The fourth-order valence-electron chi connectivity index (χ4n) is 2.74. The highest BCUT2D eigenvalue weighted by atomic mass is 32.2. The van der Waals surface area contributed by atoms with Crippen molar-refractivity contribution in [2.24, 2.45) is 0 Å². The first-order valence-corrected chi connectivity index (χ1v) is 8.91. The van der Waals surface area contributed by atoms with Crippen LogP contribution in [0.5, 0.6) is 17.2 Å². The molecule has 1 aliphatic heterocycles. The van der Waals surface area contributed by atoms with Crippen LogP contribution in [0, 0.1) is 0 Å². The molecule has 0 spiro atoms. The lowest BCUT2D eigenvalue weighted by molar-refractivity contribution is 0.281. The minimum atomic E-state index is -3.82. The maximum Gasteiger partial charge on any atom is 0.268 e. The Morgan fingerprint density at radius 1 is 1.12 bits per heavy atom. The van der Waals surface area contributed by atoms with Gasteiger partial charge in [-0.25, -0.2) is 8.42 Å². The Hall–Kier alpha value is -2.41. The van der Waals surface area contributed by atoms with E-state index in [4.69, 9.17) is 14.2 Å². The van der Waals surface area contributed by atoms with Crippen LogP contribution in [0.25, 0.3) is 0 Å². The van der Waals surface area contributed by atoms with E-state index in [1.165, 1.54) is 24.6 Å². The second kappa shape index (κ2) is 6.24. The van der Waals surface area contributed by atoms with Crippen molar-refractivity contribution in [1.29, 1.82) is 0 Å². The number of para-hydroxylation sites is 2. The molecule has 128 valence electrons. The van der Waals surface area contributed by atoms with Gasteiger partial charge in [-0.3, -0.25) is 4.31 Å². The molecule has 2 aromatic rings. The Kier molecular flexibility index (Phi) is 4.28. The van der Waals surface area contributed by atoms with Crippen molar-refractivity contribution in [2.75, 3.05) is 25.1 Å². The highest BCUT2D eigenvalue weighted by Gasteiger charge is 2.36. The van der Waals surface area contributed by atoms with E-state index in [1.807, 2.05) is 13.0 Å². The predicted molar refractivity (Wildman–Crippen MR) is 90.6 cm³/mol. The summed E-state index contributed by atoms with van der Waals surface area (Å²) in [6.45, 7) is 2.10. The first-order valence-electron chi connectivity index (χ1n) is 7.47. The quantitative estimate of drug-likeness (QED) is 0.849. The van der Waals surface area contributed by atoms with E-state index in [-0.39, 0.29) is 23.3 Å². The van der Waals surface area contributed by atoms with E-state index < -0.39 is 10.0 Å². The van der Waals surface area contributed by atoms with Crippen molar-refractivity contribution in [3.63, 3.8) is 0 Å². The molecule has 0 aliphatic carbocycles. The average Bonchev–Trinajstić information content (AvgIpc) is 2.60. The van der Waals surface area contributed by atoms with Gasteiger partial charge >= 0.3 is 0 Å². The molecule has 0 saturated carbocycles. The highest BCUT2D eigenvalue weighted by molar-refractivity contribution is 7.93. The van der Waals surface area contributed by atoms with E-state index >= 15 is 0 Å². The molecule has 0 N–H and O–H groups in total. The molecule has 2 aromatic carbocycles. The zero-order valence-electron chi connectivity index (χ0n) is 13.7. The van der Waals surface area contributed by atoms with Crippen LogP contribution in [-0.2, 0) is 10.0 Å². The minimum absolute atomic E-state index is 0.0920. The van der Waals surface area contributed by atoms with Gasteiger partial charge in [0.05, 0.1) is 25.9 Å². The summed E-state index contributed by atoms with van der Waals surface area (Å²) in [4.78, 5) is 0.0920. The largest absolute Gasteiger partial charge is 0.497 e. The molecule has 0 radical (unpaired) electrons. The van der Waals surface area contributed by atoms with Gasteiger partial charge in [-0.2, -0.15) is 0 Å². The van der Waals surface area contributed by atoms with Gasteiger partial charge in [0, 0.05) is 6.07 Å². The zero-order chi connectivity index (χ0) is 17.3. The van der Waals surface area contributed by atoms with Crippen molar-refractivity contribution >= 4 is 15.7 Å². The number of fused-ring (bicyclic) bond motifs is 1. The molecule has 6 nitrogen and oxygen atoms in total. The first kappa shape index (κ1) is 16.4. The smallest absolute Gasteiger partial charge is 0.268 e. The Bertz CT molecular complexity index is 850. The molecule has 0 amide bonds. The molecule has 1 aliphatic rings. The van der Waals surface area contributed by atoms with Crippen molar-refractivity contribution < 1.29 is 22.6 Å². The molecule has 0 aromatic heterocycles. The second-order valence-electron chi connectivity index (χ2n) is 5.45. The molecule has 0 saturated heterocycles. The predicted octanol–water partition coefficient (Wildman–Crippen LogP) is 2.68. The van der Waals surface area contributed by atoms with Crippen molar-refractivity contribution in [2.45, 2.75) is 17.9 Å². The number of anilines is 1. The number of nitrogens with zero attached hydrogens (tertiary/aromatic N) is 1. The van der Waals surface area contributed by atoms with Crippen LogP contribution in [0.4, 0.5) is 5.69 Å². The monoisotopic (exact) mass is 349 g/mol. The average molecular weight is 349 g/mol. The van der Waals surface area contributed by atoms with Gasteiger partial charge in [0.2, 0.25) is 0 Å². The normalized spacial score (nSPS) is 17.0. The number of hydrogen-bond donors (Lipinski definition) is 0. The van der Waals surface area contributed by atoms with Gasteiger partial charge in [-0.15, -0.1) is 0 Å². The van der Waals surface area contributed by atoms with Gasteiger partial charge in [0.25, 0.3) is 10.0 Å². The molecule has 24 heavy (non-hydrogen) atoms. The van der Waals surface area contributed by atoms with Gasteiger partial charge in [-0.05, 0) is 31.2 Å². The van der Waals surface area contributed by atoms with Crippen LogP contribution in [0.1, 0.15) is 6.92 Å². The molecular formula is C17H19NO5S. The summed E-state index contributed by atoms with van der Waals surface area (Å²) in [5, 5.41) is 0. The maximum atomic E-state index is 13.3. The van der Waals surface area contributed by atoms with E-state index in [2.05, 4.69) is 0 Å². The van der Waals surface area contributed by atoms with Gasteiger partial charge in [-0.1, -0.05) is 12.1 Å². The second-order valence-corrected chi connectivity index (χ2v) is 7.23. The summed E-state index contributed by atoms with van der Waals surface area (Å²) in [7, 11) is -0.867. The number of benzene rings is 2. The fraction of sp³-hybridized carbons (Fsp3) is 0.294. The van der Waals surface area contributed by atoms with Crippen LogP contribution < -0.4 is 18.5 Å². The number of sulfonamides is 1. The lowest BCUT2D eigenvalue weighted by atomic mass is 10.2. The molecule has 3 rings (SSSR count). The van der Waals surface area contributed by atoms with E-state index in [9.17, 15) is 8.42 Å². The lowest BCUT2D eigenvalue weighted by Crippen LogP contribution is -2.45. The molecule has 7 heteroatoms. The molecule has 0 fully saturated rings. The summed E-state index contributed by atoms with van der Waals surface area (Å²) in [5.41, 5.74) is 0.522. The number of rotatable bonds is 4. The summed E-state index contributed by atoms with van der Waals surface area (Å²) >= 11 is 0. The number of methoxy groups -OCH3 is 2. The van der Waals surface area contributed by atoms with Crippen LogP contribution in [0.2, 0.25) is 0 Å². The summed E-state index contributed by atoms with van der Waals surface area (Å²) in [6.07, 6.45) is 0. The maximum absolute atomic E-state index is 13.3. The first-order chi connectivity index (χ1) is 11.5. The molecule has 0 bridgehead atoms. The minimum Gasteiger partial charge on any atom is -0.497 e. The Balaban J connectivity index is 2.15. The Morgan fingerprint density at radius 2 is 1.88 bits per heavy atom. The standard InChI is InChI=1S/C17H19NO5S/c1-12-11-23-15-7-5-4-6-14(15)18(12)24(19,20)17-9-8-13(21-2)10-16(17)22-3/h4-10,12H,11H2,1-3H3. The van der Waals surface area contributed by atoms with E-state index in [0.29, 0.717) is 17.2 Å². The molecule has 1 unspecified atom stereocenters. The Morgan fingerprint density at radius 3 is 2.58 bits per heavy atom. The van der Waals surface area contributed by atoms with Crippen LogP contribution in [0.15, 0.2) is 47.4 Å². The third-order valence-electron chi connectivity index (χ3n) is 3.89. The van der Waals surface area contributed by atoms with Crippen molar-refractivity contribution in [3.05, 3.63) is 42.5 Å². The van der Waals surface area contributed by atoms with E-state index in [1.54, 1.807) is 30.3 Å². The summed E-state index contributed by atoms with van der Waals surface area (Å²) < 4.78 is 44.0. The van der Waals surface area contributed by atoms with Gasteiger partial charge in [0.15, 0.2) is 0 Å². The number of hydrogen-bond acceptors (Lipinski definition) is 5. The summed E-state index contributed by atoms with van der Waals surface area (Å²) in [5.74, 6) is 1.32. The number of ether oxygens (including phenoxy) is 3. The van der Waals surface area contributed by atoms with Crippen LogP contribution >= 0.6 is 0 Å². The fourth-order valence-corrected chi connectivity index (χ4v) is 4.53. The van der Waals surface area contributed by atoms with Crippen molar-refractivity contribution in [3.8, 4) is 17.2 Å². The summed E-state index contributed by atoms with van der Waals surface area (Å²) in [6, 6.07) is 11.4. The SMILES string of the molecule is COc1ccc(S(=O)(=O)N2c3ccccc3OCC2C)c(OC)c1. The van der Waals surface area contributed by atoms with Gasteiger partial charge < -0.3 is 14.2 Å². The lowest BCUT2D eigenvalue weighted by Gasteiger charge is -2.35. The zero-order valence-corrected chi connectivity index (χ0v) is 14.5. The topological polar surface area (TPSA) is 65.1 Å². The molecule has 1 heterocycles. The van der Waals surface area contributed by atoms with Crippen LogP contribution in [-0.4, -0.2) is 35.3 Å². The van der Waals surface area contributed by atoms with Crippen LogP contribution in [0.3, 0.4) is 0 Å². The highest BCUT2D eigenvalue weighted by Crippen LogP contribution is 2.39. The van der Waals surface area contributed by atoms with Gasteiger partial charge in [0.1, 0.15) is 28.8 Å². The third kappa shape index (κ3) is 2.65.